The van der Waals surface area contributed by atoms with E-state index in [-0.39, 0.29) is 12.1 Å². The number of halogens is 1. The van der Waals surface area contributed by atoms with Crippen molar-refractivity contribution in [3.05, 3.63) is 15.5 Å². The Morgan fingerprint density at radius 2 is 2.40 bits per heavy atom. The van der Waals surface area contributed by atoms with Gasteiger partial charge in [0.1, 0.15) is 5.60 Å². The van der Waals surface area contributed by atoms with Gasteiger partial charge in [-0.3, -0.25) is 4.90 Å². The van der Waals surface area contributed by atoms with Crippen molar-refractivity contribution in [3.8, 4) is 0 Å². The summed E-state index contributed by atoms with van der Waals surface area (Å²) in [6.07, 6.45) is 2.40. The summed E-state index contributed by atoms with van der Waals surface area (Å²) in [5.74, 6) is 0. The first-order valence-electron chi connectivity index (χ1n) is 6.64. The van der Waals surface area contributed by atoms with Crippen LogP contribution in [0.1, 0.15) is 32.1 Å². The zero-order valence-electron chi connectivity index (χ0n) is 12.0. The molecule has 1 amide bonds. The van der Waals surface area contributed by atoms with Gasteiger partial charge < -0.3 is 10.1 Å². The monoisotopic (exact) mass is 317 g/mol. The molecule has 0 aliphatic carbocycles. The molecule has 2 rings (SSSR count). The van der Waals surface area contributed by atoms with E-state index in [0.29, 0.717) is 4.47 Å². The van der Waals surface area contributed by atoms with E-state index in [0.717, 1.165) is 30.9 Å². The van der Waals surface area contributed by atoms with E-state index in [2.05, 4.69) is 15.2 Å². The van der Waals surface area contributed by atoms with Gasteiger partial charge >= 0.3 is 6.09 Å². The number of ether oxygens (including phenoxy) is 1. The Morgan fingerprint density at radius 1 is 1.65 bits per heavy atom. The molecule has 1 aromatic heterocycles. The summed E-state index contributed by atoms with van der Waals surface area (Å²) in [5, 5.41) is 2.92. The summed E-state index contributed by atoms with van der Waals surface area (Å²) in [4.78, 5) is 19.2. The van der Waals surface area contributed by atoms with Gasteiger partial charge in [0, 0.05) is 36.8 Å². The largest absolute Gasteiger partial charge is 0.444 e. The molecule has 0 aromatic carbocycles. The van der Waals surface area contributed by atoms with Crippen LogP contribution in [0, 0.1) is 0 Å². The van der Waals surface area contributed by atoms with Crippen molar-refractivity contribution in [2.45, 2.75) is 45.4 Å². The number of aromatic nitrogens is 1. The molecule has 0 saturated carbocycles. The summed E-state index contributed by atoms with van der Waals surface area (Å²) >= 11 is 7.32. The van der Waals surface area contributed by atoms with Gasteiger partial charge in [-0.1, -0.05) is 11.6 Å². The fourth-order valence-electron chi connectivity index (χ4n) is 2.15. The minimum absolute atomic E-state index is 0.147. The van der Waals surface area contributed by atoms with Crippen molar-refractivity contribution in [1.82, 2.24) is 15.2 Å². The van der Waals surface area contributed by atoms with Crippen molar-refractivity contribution in [3.63, 3.8) is 0 Å². The highest BCUT2D eigenvalue weighted by Gasteiger charge is 2.26. The lowest BCUT2D eigenvalue weighted by Gasteiger charge is -2.22. The number of rotatable bonds is 3. The van der Waals surface area contributed by atoms with Gasteiger partial charge in [-0.15, -0.1) is 11.3 Å². The molecule has 1 fully saturated rings. The molecule has 0 radical (unpaired) electrons. The SMILES string of the molecule is CC(C)(C)OC(=O)N[C@H]1CCN(Cc2cnc(Cl)s2)C1. The Morgan fingerprint density at radius 3 is 3.00 bits per heavy atom. The number of nitrogens with zero attached hydrogens (tertiary/aromatic N) is 2. The van der Waals surface area contributed by atoms with Gasteiger partial charge in [0.25, 0.3) is 0 Å². The van der Waals surface area contributed by atoms with Crippen LogP contribution in [0.15, 0.2) is 6.20 Å². The molecule has 1 aliphatic heterocycles. The first kappa shape index (κ1) is 15.5. The maximum absolute atomic E-state index is 11.7. The Balaban J connectivity index is 1.76. The van der Waals surface area contributed by atoms with Crippen LogP contribution in [-0.4, -0.2) is 40.7 Å². The van der Waals surface area contributed by atoms with Crippen LogP contribution >= 0.6 is 22.9 Å². The number of likely N-dealkylation sites (tertiary alicyclic amines) is 1. The fourth-order valence-corrected chi connectivity index (χ4v) is 3.17. The highest BCUT2D eigenvalue weighted by molar-refractivity contribution is 7.15. The number of hydrogen-bond acceptors (Lipinski definition) is 5. The lowest BCUT2D eigenvalue weighted by atomic mass is 10.2. The molecule has 112 valence electrons. The fraction of sp³-hybridized carbons (Fsp3) is 0.692. The van der Waals surface area contributed by atoms with E-state index in [1.807, 2.05) is 27.0 Å². The number of nitrogens with one attached hydrogen (secondary N) is 1. The third kappa shape index (κ3) is 4.92. The minimum Gasteiger partial charge on any atom is -0.444 e. The van der Waals surface area contributed by atoms with Gasteiger partial charge in [0.15, 0.2) is 4.47 Å². The molecule has 1 N–H and O–H groups in total. The molecule has 1 atom stereocenters. The standard InChI is InChI=1S/C13H20ClN3O2S/c1-13(2,3)19-12(18)16-9-4-5-17(7-9)8-10-6-15-11(14)20-10/h6,9H,4-5,7-8H2,1-3H3,(H,16,18)/t9-/m0/s1. The number of thiazole rings is 1. The first-order chi connectivity index (χ1) is 9.32. The topological polar surface area (TPSA) is 54.5 Å². The van der Waals surface area contributed by atoms with Crippen molar-refractivity contribution in [2.75, 3.05) is 13.1 Å². The molecule has 1 aliphatic rings. The number of carbonyl (C=O) groups is 1. The van der Waals surface area contributed by atoms with Crippen LogP contribution in [0.4, 0.5) is 4.79 Å². The lowest BCUT2D eigenvalue weighted by molar-refractivity contribution is 0.0506. The summed E-state index contributed by atoms with van der Waals surface area (Å²) in [6, 6.07) is 0.147. The van der Waals surface area contributed by atoms with Gasteiger partial charge in [-0.2, -0.15) is 0 Å². The highest BCUT2D eigenvalue weighted by Crippen LogP contribution is 2.21. The molecule has 0 unspecified atom stereocenters. The molecule has 1 saturated heterocycles. The maximum Gasteiger partial charge on any atom is 0.407 e. The van der Waals surface area contributed by atoms with E-state index in [4.69, 9.17) is 16.3 Å². The molecule has 20 heavy (non-hydrogen) atoms. The Bertz CT molecular complexity index is 472. The number of alkyl carbamates (subject to hydrolysis) is 1. The Kier molecular flexibility index (Phi) is 4.88. The van der Waals surface area contributed by atoms with E-state index in [9.17, 15) is 4.79 Å². The predicted molar refractivity (Wildman–Crippen MR) is 80.2 cm³/mol. The summed E-state index contributed by atoms with van der Waals surface area (Å²) < 4.78 is 5.83. The average molecular weight is 318 g/mol. The molecule has 5 nitrogen and oxygen atoms in total. The third-order valence-electron chi connectivity index (χ3n) is 2.90. The molecule has 2 heterocycles. The van der Waals surface area contributed by atoms with E-state index in [1.165, 1.54) is 11.3 Å². The van der Waals surface area contributed by atoms with Gasteiger partial charge in [-0.25, -0.2) is 9.78 Å². The van der Waals surface area contributed by atoms with Crippen LogP contribution in [-0.2, 0) is 11.3 Å². The number of amides is 1. The molecular weight excluding hydrogens is 298 g/mol. The van der Waals surface area contributed by atoms with Crippen molar-refractivity contribution in [1.29, 1.82) is 0 Å². The van der Waals surface area contributed by atoms with Crippen LogP contribution in [0.2, 0.25) is 4.47 Å². The zero-order valence-corrected chi connectivity index (χ0v) is 13.6. The summed E-state index contributed by atoms with van der Waals surface area (Å²) in [6.45, 7) is 8.20. The molecule has 0 spiro atoms. The molecule has 7 heteroatoms. The van der Waals surface area contributed by atoms with Crippen LogP contribution in [0.3, 0.4) is 0 Å². The maximum atomic E-state index is 11.7. The zero-order chi connectivity index (χ0) is 14.8. The summed E-state index contributed by atoms with van der Waals surface area (Å²) in [5.41, 5.74) is -0.457. The normalized spacial score (nSPS) is 20.1. The molecule has 1 aromatic rings. The van der Waals surface area contributed by atoms with Gasteiger partial charge in [-0.05, 0) is 27.2 Å². The quantitative estimate of drug-likeness (QED) is 0.931. The van der Waals surface area contributed by atoms with Gasteiger partial charge in [0.2, 0.25) is 0 Å². The average Bonchev–Trinajstić information content (AvgIpc) is 2.86. The number of carbonyl (C=O) groups excluding carboxylic acids is 1. The van der Waals surface area contributed by atoms with E-state index >= 15 is 0 Å². The van der Waals surface area contributed by atoms with E-state index < -0.39 is 5.60 Å². The predicted octanol–water partition coefficient (Wildman–Crippen LogP) is 2.90. The Labute approximate surface area is 128 Å². The first-order valence-corrected chi connectivity index (χ1v) is 7.83. The molecule has 0 bridgehead atoms. The van der Waals surface area contributed by atoms with Crippen LogP contribution < -0.4 is 5.32 Å². The van der Waals surface area contributed by atoms with Gasteiger partial charge in [0.05, 0.1) is 0 Å². The van der Waals surface area contributed by atoms with Crippen LogP contribution in [0.5, 0.6) is 0 Å². The number of hydrogen-bond donors (Lipinski definition) is 1. The highest BCUT2D eigenvalue weighted by atomic mass is 35.5. The smallest absolute Gasteiger partial charge is 0.407 e. The second-order valence-corrected chi connectivity index (χ2v) is 7.64. The Hall–Kier alpha value is -0.850. The van der Waals surface area contributed by atoms with Crippen LogP contribution in [0.25, 0.3) is 0 Å². The third-order valence-corrected chi connectivity index (χ3v) is 4.00. The van der Waals surface area contributed by atoms with Crippen molar-refractivity contribution < 1.29 is 9.53 Å². The second-order valence-electron chi connectivity index (χ2n) is 5.95. The second kappa shape index (κ2) is 6.28. The van der Waals surface area contributed by atoms with E-state index in [1.54, 1.807) is 0 Å². The molecular formula is C13H20ClN3O2S. The lowest BCUT2D eigenvalue weighted by Crippen LogP contribution is -2.40. The minimum atomic E-state index is -0.457. The summed E-state index contributed by atoms with van der Waals surface area (Å²) in [7, 11) is 0. The van der Waals surface area contributed by atoms with Crippen molar-refractivity contribution in [2.24, 2.45) is 0 Å². The van der Waals surface area contributed by atoms with Crippen molar-refractivity contribution >= 4 is 29.0 Å².